The van der Waals surface area contributed by atoms with E-state index in [9.17, 15) is 4.79 Å². The second-order valence-electron chi connectivity index (χ2n) is 7.10. The van der Waals surface area contributed by atoms with Gasteiger partial charge in [0.05, 0.1) is 5.56 Å². The third kappa shape index (κ3) is 4.78. The zero-order valence-electron chi connectivity index (χ0n) is 16.3. The Morgan fingerprint density at radius 3 is 2.72 bits per heavy atom. The number of benzene rings is 1. The van der Waals surface area contributed by atoms with E-state index in [4.69, 9.17) is 0 Å². The Balaban J connectivity index is 1.44. The van der Waals surface area contributed by atoms with Gasteiger partial charge in [0.1, 0.15) is 5.82 Å². The quantitative estimate of drug-likeness (QED) is 0.680. The summed E-state index contributed by atoms with van der Waals surface area (Å²) in [6.07, 6.45) is 6.06. The highest BCUT2D eigenvalue weighted by Gasteiger charge is 2.24. The van der Waals surface area contributed by atoms with Crippen molar-refractivity contribution < 1.29 is 4.79 Å². The summed E-state index contributed by atoms with van der Waals surface area (Å²) < 4.78 is 0. The molecule has 0 bridgehead atoms. The average Bonchev–Trinajstić information content (AvgIpc) is 2.80. The SMILES string of the molecule is O=C(NCCc1ccncc1)c1cccnc1N1CCN[C@@H](c2ccccc2)C1. The van der Waals surface area contributed by atoms with E-state index in [-0.39, 0.29) is 11.9 Å². The van der Waals surface area contributed by atoms with Crippen LogP contribution in [0.15, 0.2) is 73.2 Å². The van der Waals surface area contributed by atoms with Crippen LogP contribution in [0.2, 0.25) is 0 Å². The number of nitrogens with zero attached hydrogens (tertiary/aromatic N) is 3. The summed E-state index contributed by atoms with van der Waals surface area (Å²) in [5.74, 6) is 0.660. The topological polar surface area (TPSA) is 70.2 Å². The van der Waals surface area contributed by atoms with E-state index in [2.05, 4.69) is 49.8 Å². The summed E-state index contributed by atoms with van der Waals surface area (Å²) in [7, 11) is 0. The van der Waals surface area contributed by atoms with Crippen LogP contribution >= 0.6 is 0 Å². The molecule has 29 heavy (non-hydrogen) atoms. The van der Waals surface area contributed by atoms with E-state index in [1.807, 2.05) is 30.3 Å². The van der Waals surface area contributed by atoms with E-state index in [0.717, 1.165) is 37.4 Å². The Kier molecular flexibility index (Phi) is 6.12. The number of nitrogens with one attached hydrogen (secondary N) is 2. The minimum Gasteiger partial charge on any atom is -0.353 e. The number of carbonyl (C=O) groups excluding carboxylic acids is 1. The van der Waals surface area contributed by atoms with Crippen LogP contribution in [0.4, 0.5) is 5.82 Å². The molecule has 2 aromatic heterocycles. The van der Waals surface area contributed by atoms with Gasteiger partial charge in [0.2, 0.25) is 0 Å². The number of aromatic nitrogens is 2. The second kappa shape index (κ2) is 9.30. The summed E-state index contributed by atoms with van der Waals surface area (Å²) in [6.45, 7) is 3.01. The number of rotatable bonds is 6. The summed E-state index contributed by atoms with van der Waals surface area (Å²) in [5.41, 5.74) is 3.02. The van der Waals surface area contributed by atoms with Gasteiger partial charge < -0.3 is 15.5 Å². The summed E-state index contributed by atoms with van der Waals surface area (Å²) >= 11 is 0. The molecule has 6 nitrogen and oxygen atoms in total. The number of hydrogen-bond acceptors (Lipinski definition) is 5. The number of carbonyl (C=O) groups is 1. The largest absolute Gasteiger partial charge is 0.353 e. The molecule has 0 unspecified atom stereocenters. The smallest absolute Gasteiger partial charge is 0.255 e. The zero-order valence-corrected chi connectivity index (χ0v) is 16.3. The lowest BCUT2D eigenvalue weighted by Gasteiger charge is -2.35. The van der Waals surface area contributed by atoms with Crippen molar-refractivity contribution in [3.63, 3.8) is 0 Å². The first-order chi connectivity index (χ1) is 14.3. The molecule has 4 rings (SSSR count). The van der Waals surface area contributed by atoms with Gasteiger partial charge in [-0.25, -0.2) is 4.98 Å². The van der Waals surface area contributed by atoms with Crippen LogP contribution in [-0.2, 0) is 6.42 Å². The van der Waals surface area contributed by atoms with Crippen molar-refractivity contribution in [2.24, 2.45) is 0 Å². The molecule has 6 heteroatoms. The number of piperazine rings is 1. The van der Waals surface area contributed by atoms with Crippen LogP contribution in [0.3, 0.4) is 0 Å². The van der Waals surface area contributed by atoms with Crippen LogP contribution in [0.25, 0.3) is 0 Å². The van der Waals surface area contributed by atoms with Crippen molar-refractivity contribution in [1.29, 1.82) is 0 Å². The molecular formula is C23H25N5O. The Labute approximate surface area is 171 Å². The lowest BCUT2D eigenvalue weighted by molar-refractivity contribution is 0.0954. The van der Waals surface area contributed by atoms with Crippen LogP contribution in [0, 0.1) is 0 Å². The number of anilines is 1. The van der Waals surface area contributed by atoms with Gasteiger partial charge in [-0.2, -0.15) is 0 Å². The fraction of sp³-hybridized carbons (Fsp3) is 0.261. The van der Waals surface area contributed by atoms with Gasteiger partial charge in [0.15, 0.2) is 0 Å². The van der Waals surface area contributed by atoms with Gasteiger partial charge in [-0.1, -0.05) is 30.3 Å². The minimum absolute atomic E-state index is 0.0862. The number of amides is 1. The first kappa shape index (κ1) is 19.1. The minimum atomic E-state index is -0.0862. The molecule has 0 spiro atoms. The molecule has 148 valence electrons. The second-order valence-corrected chi connectivity index (χ2v) is 7.10. The lowest BCUT2D eigenvalue weighted by atomic mass is 10.0. The summed E-state index contributed by atoms with van der Waals surface area (Å²) in [4.78, 5) is 23.6. The van der Waals surface area contributed by atoms with Crippen LogP contribution in [0.5, 0.6) is 0 Å². The predicted molar refractivity (Wildman–Crippen MR) is 114 cm³/mol. The molecule has 1 aliphatic rings. The van der Waals surface area contributed by atoms with Crippen molar-refractivity contribution in [3.05, 3.63) is 89.9 Å². The van der Waals surface area contributed by atoms with Gasteiger partial charge in [0, 0.05) is 50.8 Å². The van der Waals surface area contributed by atoms with Crippen LogP contribution in [-0.4, -0.2) is 42.1 Å². The molecule has 2 N–H and O–H groups in total. The van der Waals surface area contributed by atoms with E-state index in [1.54, 1.807) is 18.6 Å². The van der Waals surface area contributed by atoms with Crippen molar-refractivity contribution in [2.75, 3.05) is 31.1 Å². The molecule has 0 saturated carbocycles. The molecule has 3 heterocycles. The molecule has 3 aromatic rings. The first-order valence-electron chi connectivity index (χ1n) is 9.96. The third-order valence-electron chi connectivity index (χ3n) is 5.16. The summed E-state index contributed by atoms with van der Waals surface area (Å²) in [6, 6.07) is 18.2. The lowest BCUT2D eigenvalue weighted by Crippen LogP contribution is -2.47. The average molecular weight is 387 g/mol. The van der Waals surface area contributed by atoms with Crippen molar-refractivity contribution in [3.8, 4) is 0 Å². The third-order valence-corrected chi connectivity index (χ3v) is 5.16. The molecule has 1 amide bonds. The monoisotopic (exact) mass is 387 g/mol. The van der Waals surface area contributed by atoms with Crippen LogP contribution < -0.4 is 15.5 Å². The highest BCUT2D eigenvalue weighted by Crippen LogP contribution is 2.23. The van der Waals surface area contributed by atoms with Crippen LogP contribution in [0.1, 0.15) is 27.5 Å². The maximum Gasteiger partial charge on any atom is 0.255 e. The van der Waals surface area contributed by atoms with E-state index >= 15 is 0 Å². The maximum absolute atomic E-state index is 12.8. The predicted octanol–water partition coefficient (Wildman–Crippen LogP) is 2.60. The highest BCUT2D eigenvalue weighted by molar-refractivity contribution is 5.98. The van der Waals surface area contributed by atoms with E-state index < -0.39 is 0 Å². The number of hydrogen-bond donors (Lipinski definition) is 2. The highest BCUT2D eigenvalue weighted by atomic mass is 16.1. The molecule has 0 aliphatic carbocycles. The molecule has 0 radical (unpaired) electrons. The Morgan fingerprint density at radius 2 is 1.90 bits per heavy atom. The van der Waals surface area contributed by atoms with Crippen molar-refractivity contribution in [1.82, 2.24) is 20.6 Å². The zero-order chi connectivity index (χ0) is 19.9. The Hall–Kier alpha value is -3.25. The molecule has 1 fully saturated rings. The molecular weight excluding hydrogens is 362 g/mol. The van der Waals surface area contributed by atoms with Crippen molar-refractivity contribution in [2.45, 2.75) is 12.5 Å². The van der Waals surface area contributed by atoms with E-state index in [1.165, 1.54) is 5.56 Å². The normalized spacial score (nSPS) is 16.4. The van der Waals surface area contributed by atoms with Gasteiger partial charge in [0.25, 0.3) is 5.91 Å². The van der Waals surface area contributed by atoms with Gasteiger partial charge in [-0.05, 0) is 41.8 Å². The summed E-state index contributed by atoms with van der Waals surface area (Å²) in [5, 5.41) is 6.59. The van der Waals surface area contributed by atoms with Gasteiger partial charge in [-0.3, -0.25) is 9.78 Å². The maximum atomic E-state index is 12.8. The molecule has 1 atom stereocenters. The fourth-order valence-electron chi connectivity index (χ4n) is 3.64. The van der Waals surface area contributed by atoms with Gasteiger partial charge in [-0.15, -0.1) is 0 Å². The van der Waals surface area contributed by atoms with E-state index in [0.29, 0.717) is 12.1 Å². The molecule has 1 aliphatic heterocycles. The molecule has 1 aromatic carbocycles. The van der Waals surface area contributed by atoms with Gasteiger partial charge >= 0.3 is 0 Å². The Morgan fingerprint density at radius 1 is 1.07 bits per heavy atom. The first-order valence-corrected chi connectivity index (χ1v) is 9.96. The Bertz CT molecular complexity index is 932. The van der Waals surface area contributed by atoms with Crippen molar-refractivity contribution >= 4 is 11.7 Å². The molecule has 1 saturated heterocycles. The fourth-order valence-corrected chi connectivity index (χ4v) is 3.64. The standard InChI is InChI=1S/C23H25N5O/c29-23(27-14-10-18-8-12-24-13-9-18)20-7-4-11-26-22(20)28-16-15-25-21(17-28)19-5-2-1-3-6-19/h1-9,11-13,21,25H,10,14-17H2,(H,27,29)/t21-/m1/s1. The number of pyridine rings is 2.